The van der Waals surface area contributed by atoms with E-state index in [1.165, 1.54) is 32.1 Å². The molecule has 2 aromatic carbocycles. The average Bonchev–Trinajstić information content (AvgIpc) is 3.19. The predicted molar refractivity (Wildman–Crippen MR) is 128 cm³/mol. The fraction of sp³-hybridized carbons (Fsp3) is 0.444. The third kappa shape index (κ3) is 3.88. The van der Waals surface area contributed by atoms with Gasteiger partial charge in [-0.15, -0.1) is 0 Å². The van der Waals surface area contributed by atoms with E-state index in [1.807, 2.05) is 13.0 Å². The second kappa shape index (κ2) is 9.22. The van der Waals surface area contributed by atoms with Gasteiger partial charge in [-0.2, -0.15) is 0 Å². The molecule has 0 atom stereocenters. The number of allylic oxidation sites excluding steroid dienone is 1. The molecule has 7 nitrogen and oxygen atoms in total. The standard InChI is InChI=1S/C27H31NO6/c1-16-26-18(14-28(15-33-26)19-8-6-5-7-9-19)10-20-25(29)24(34-27(16)20)12-17-11-22(31-3)23(32-4)13-21(17)30-2/h10-13,19H,5-9,14-15H2,1-4H3/b24-12-. The van der Waals surface area contributed by atoms with Crippen molar-refractivity contribution in [1.29, 1.82) is 0 Å². The lowest BCUT2D eigenvalue weighted by Gasteiger charge is -2.37. The first kappa shape index (κ1) is 22.6. The molecule has 0 saturated heterocycles. The number of methoxy groups -OCH3 is 3. The minimum atomic E-state index is -0.146. The van der Waals surface area contributed by atoms with Crippen LogP contribution < -0.4 is 23.7 Å². The first-order chi connectivity index (χ1) is 16.5. The van der Waals surface area contributed by atoms with Gasteiger partial charge in [0.1, 0.15) is 24.0 Å². The van der Waals surface area contributed by atoms with Gasteiger partial charge in [0.15, 0.2) is 17.3 Å². The lowest BCUT2D eigenvalue weighted by molar-refractivity contribution is 0.0397. The zero-order chi connectivity index (χ0) is 23.8. The van der Waals surface area contributed by atoms with Crippen LogP contribution in [0, 0.1) is 6.92 Å². The maximum absolute atomic E-state index is 13.4. The van der Waals surface area contributed by atoms with E-state index in [4.69, 9.17) is 23.7 Å². The monoisotopic (exact) mass is 465 g/mol. The van der Waals surface area contributed by atoms with Crippen LogP contribution in [0.3, 0.4) is 0 Å². The Hall–Kier alpha value is -3.19. The Morgan fingerprint density at radius 2 is 1.65 bits per heavy atom. The highest BCUT2D eigenvalue weighted by Gasteiger charge is 2.35. The summed E-state index contributed by atoms with van der Waals surface area (Å²) in [5.74, 6) is 3.15. The summed E-state index contributed by atoms with van der Waals surface area (Å²) in [5.41, 5.74) is 3.16. The summed E-state index contributed by atoms with van der Waals surface area (Å²) in [4.78, 5) is 15.8. The van der Waals surface area contributed by atoms with Crippen molar-refractivity contribution in [3.05, 3.63) is 46.2 Å². The molecule has 1 aliphatic carbocycles. The van der Waals surface area contributed by atoms with Crippen LogP contribution in [0.2, 0.25) is 0 Å². The summed E-state index contributed by atoms with van der Waals surface area (Å²) in [6.07, 6.45) is 7.99. The van der Waals surface area contributed by atoms with Crippen LogP contribution >= 0.6 is 0 Å². The number of ketones is 1. The molecule has 180 valence electrons. The number of carbonyl (C=O) groups is 1. The first-order valence-corrected chi connectivity index (χ1v) is 11.8. The number of hydrogen-bond acceptors (Lipinski definition) is 7. The van der Waals surface area contributed by atoms with Gasteiger partial charge >= 0.3 is 0 Å². The van der Waals surface area contributed by atoms with E-state index in [0.29, 0.717) is 46.9 Å². The van der Waals surface area contributed by atoms with Crippen molar-refractivity contribution in [3.63, 3.8) is 0 Å². The van der Waals surface area contributed by atoms with Gasteiger partial charge in [-0.3, -0.25) is 9.69 Å². The number of carbonyl (C=O) groups excluding carboxylic acids is 1. The van der Waals surface area contributed by atoms with Gasteiger partial charge in [0.2, 0.25) is 5.78 Å². The van der Waals surface area contributed by atoms with Crippen LogP contribution in [0.4, 0.5) is 0 Å². The molecule has 0 bridgehead atoms. The highest BCUT2D eigenvalue weighted by Crippen LogP contribution is 2.44. The van der Waals surface area contributed by atoms with Crippen molar-refractivity contribution in [2.24, 2.45) is 0 Å². The Kier molecular flexibility index (Phi) is 6.13. The average molecular weight is 466 g/mol. The number of ether oxygens (including phenoxy) is 5. The van der Waals surface area contributed by atoms with Crippen LogP contribution in [0.1, 0.15) is 59.2 Å². The predicted octanol–water partition coefficient (Wildman–Crippen LogP) is 5.12. The molecule has 0 N–H and O–H groups in total. The van der Waals surface area contributed by atoms with E-state index in [9.17, 15) is 4.79 Å². The quantitative estimate of drug-likeness (QED) is 0.568. The van der Waals surface area contributed by atoms with Crippen molar-refractivity contribution in [2.75, 3.05) is 28.1 Å². The molecule has 0 unspecified atom stereocenters. The fourth-order valence-electron chi connectivity index (χ4n) is 5.25. The number of rotatable bonds is 5. The van der Waals surface area contributed by atoms with Crippen LogP contribution in [0.25, 0.3) is 6.08 Å². The summed E-state index contributed by atoms with van der Waals surface area (Å²) >= 11 is 0. The van der Waals surface area contributed by atoms with Gasteiger partial charge in [-0.25, -0.2) is 0 Å². The lowest BCUT2D eigenvalue weighted by atomic mass is 9.93. The number of Topliss-reactive ketones (excluding diaryl/α,β-unsaturated/α-hetero) is 1. The Bertz CT molecular complexity index is 1150. The molecular formula is C27H31NO6. The van der Waals surface area contributed by atoms with Gasteiger partial charge in [0.25, 0.3) is 0 Å². The molecule has 7 heteroatoms. The van der Waals surface area contributed by atoms with E-state index in [1.54, 1.807) is 39.5 Å². The molecule has 0 amide bonds. The van der Waals surface area contributed by atoms with Gasteiger partial charge in [-0.1, -0.05) is 19.3 Å². The summed E-state index contributed by atoms with van der Waals surface area (Å²) in [7, 11) is 4.71. The molecule has 0 radical (unpaired) electrons. The largest absolute Gasteiger partial charge is 0.496 e. The van der Waals surface area contributed by atoms with Crippen molar-refractivity contribution in [3.8, 4) is 28.7 Å². The van der Waals surface area contributed by atoms with Crippen LogP contribution in [-0.2, 0) is 6.54 Å². The zero-order valence-corrected chi connectivity index (χ0v) is 20.2. The second-order valence-electron chi connectivity index (χ2n) is 9.07. The maximum atomic E-state index is 13.4. The van der Waals surface area contributed by atoms with Gasteiger partial charge in [0.05, 0.1) is 26.9 Å². The molecule has 5 rings (SSSR count). The summed E-state index contributed by atoms with van der Waals surface area (Å²) in [5, 5.41) is 0. The Morgan fingerprint density at radius 1 is 0.941 bits per heavy atom. The van der Waals surface area contributed by atoms with Crippen LogP contribution in [-0.4, -0.2) is 44.8 Å². The van der Waals surface area contributed by atoms with E-state index in [2.05, 4.69) is 4.90 Å². The van der Waals surface area contributed by atoms with Crippen molar-refractivity contribution in [1.82, 2.24) is 4.90 Å². The van der Waals surface area contributed by atoms with Gasteiger partial charge in [-0.05, 0) is 38.0 Å². The van der Waals surface area contributed by atoms with Gasteiger partial charge < -0.3 is 23.7 Å². The van der Waals surface area contributed by atoms with Crippen molar-refractivity contribution >= 4 is 11.9 Å². The molecular weight excluding hydrogens is 434 g/mol. The lowest BCUT2D eigenvalue weighted by Crippen LogP contribution is -2.41. The SMILES string of the molecule is COc1cc(OC)c(OC)cc1/C=C1\Oc2c(cc3c(c2C)OCN(C2CCCCC2)C3)C1=O. The highest BCUT2D eigenvalue weighted by atomic mass is 16.5. The molecule has 34 heavy (non-hydrogen) atoms. The molecule has 0 spiro atoms. The fourth-order valence-corrected chi connectivity index (χ4v) is 5.25. The first-order valence-electron chi connectivity index (χ1n) is 11.8. The molecule has 1 fully saturated rings. The minimum absolute atomic E-state index is 0.146. The summed E-state index contributed by atoms with van der Waals surface area (Å²) in [6, 6.07) is 6.00. The molecule has 3 aliphatic rings. The third-order valence-electron chi connectivity index (χ3n) is 7.08. The summed E-state index contributed by atoms with van der Waals surface area (Å²) in [6.45, 7) is 3.34. The Balaban J connectivity index is 1.47. The number of hydrogen-bond donors (Lipinski definition) is 0. The molecule has 1 saturated carbocycles. The zero-order valence-electron chi connectivity index (χ0n) is 20.2. The smallest absolute Gasteiger partial charge is 0.231 e. The number of fused-ring (bicyclic) bond motifs is 2. The van der Waals surface area contributed by atoms with E-state index in [0.717, 1.165) is 23.4 Å². The number of nitrogens with zero attached hydrogens (tertiary/aromatic N) is 1. The summed E-state index contributed by atoms with van der Waals surface area (Å²) < 4.78 is 28.6. The Labute approximate surface area is 200 Å². The van der Waals surface area contributed by atoms with Crippen LogP contribution in [0.5, 0.6) is 28.7 Å². The minimum Gasteiger partial charge on any atom is -0.496 e. The number of benzene rings is 2. The second-order valence-corrected chi connectivity index (χ2v) is 9.07. The highest BCUT2D eigenvalue weighted by molar-refractivity contribution is 6.15. The van der Waals surface area contributed by atoms with E-state index >= 15 is 0 Å². The van der Waals surface area contributed by atoms with Crippen molar-refractivity contribution < 1.29 is 28.5 Å². The molecule has 0 aromatic heterocycles. The molecule has 2 aromatic rings. The van der Waals surface area contributed by atoms with Gasteiger partial charge in [0, 0.05) is 35.3 Å². The topological polar surface area (TPSA) is 66.5 Å². The van der Waals surface area contributed by atoms with Crippen molar-refractivity contribution in [2.45, 2.75) is 51.6 Å². The normalized spacial score (nSPS) is 19.3. The maximum Gasteiger partial charge on any atom is 0.231 e. The Morgan fingerprint density at radius 3 is 2.35 bits per heavy atom. The van der Waals surface area contributed by atoms with E-state index < -0.39 is 0 Å². The molecule has 2 aliphatic heterocycles. The van der Waals surface area contributed by atoms with E-state index in [-0.39, 0.29) is 11.5 Å². The van der Waals surface area contributed by atoms with Crippen LogP contribution in [0.15, 0.2) is 24.0 Å². The third-order valence-corrected chi connectivity index (χ3v) is 7.08. The molecule has 2 heterocycles.